The number of piperidine rings is 1. The van der Waals surface area contributed by atoms with Gasteiger partial charge in [-0.2, -0.15) is 13.2 Å². The topological polar surface area (TPSA) is 15.3 Å². The molecule has 1 aliphatic rings. The van der Waals surface area contributed by atoms with Gasteiger partial charge in [-0.3, -0.25) is 4.90 Å². The summed E-state index contributed by atoms with van der Waals surface area (Å²) < 4.78 is 38.3. The van der Waals surface area contributed by atoms with Gasteiger partial charge in [-0.25, -0.2) is 0 Å². The molecule has 0 aliphatic carbocycles. The third-order valence-corrected chi connectivity index (χ3v) is 5.02. The van der Waals surface area contributed by atoms with Crippen LogP contribution in [0.5, 0.6) is 0 Å². The Morgan fingerprint density at radius 2 is 1.54 bits per heavy atom. The molecule has 3 rings (SSSR count). The maximum atomic E-state index is 12.8. The van der Waals surface area contributed by atoms with Crippen molar-refractivity contribution in [2.45, 2.75) is 38.0 Å². The minimum atomic E-state index is -4.28. The number of benzene rings is 2. The van der Waals surface area contributed by atoms with Gasteiger partial charge < -0.3 is 5.32 Å². The first-order chi connectivity index (χ1) is 12.5. The van der Waals surface area contributed by atoms with Crippen molar-refractivity contribution in [3.63, 3.8) is 0 Å². The fourth-order valence-electron chi connectivity index (χ4n) is 3.51. The molecule has 1 aliphatic heterocycles. The lowest BCUT2D eigenvalue weighted by Gasteiger charge is -2.35. The van der Waals surface area contributed by atoms with Crippen LogP contribution in [0.3, 0.4) is 0 Å². The maximum absolute atomic E-state index is 12.8. The van der Waals surface area contributed by atoms with Gasteiger partial charge in [0.2, 0.25) is 0 Å². The summed E-state index contributed by atoms with van der Waals surface area (Å²) in [6.07, 6.45) is -1.17. The first kappa shape index (κ1) is 18.9. The summed E-state index contributed by atoms with van der Waals surface area (Å²) in [5, 5.41) is 3.38. The Balaban J connectivity index is 1.68. The monoisotopic (exact) mass is 362 g/mol. The van der Waals surface area contributed by atoms with Gasteiger partial charge >= 0.3 is 6.18 Å². The highest BCUT2D eigenvalue weighted by atomic mass is 19.4. The Kier molecular flexibility index (Phi) is 6.33. The second-order valence-electron chi connectivity index (χ2n) is 6.88. The number of rotatable bonds is 6. The molecule has 140 valence electrons. The smallest absolute Gasteiger partial charge is 0.317 e. The van der Waals surface area contributed by atoms with E-state index in [1.54, 1.807) is 12.1 Å². The van der Waals surface area contributed by atoms with E-state index >= 15 is 0 Å². The third kappa shape index (κ3) is 5.32. The van der Waals surface area contributed by atoms with E-state index in [9.17, 15) is 13.2 Å². The lowest BCUT2D eigenvalue weighted by molar-refractivity contribution is -0.137. The van der Waals surface area contributed by atoms with Gasteiger partial charge in [-0.15, -0.1) is 0 Å². The quantitative estimate of drug-likeness (QED) is 0.814. The molecule has 1 fully saturated rings. The minimum Gasteiger partial charge on any atom is -0.317 e. The molecule has 0 amide bonds. The molecule has 1 saturated heterocycles. The van der Waals surface area contributed by atoms with Gasteiger partial charge in [0.05, 0.1) is 5.56 Å². The highest BCUT2D eigenvalue weighted by molar-refractivity contribution is 5.24. The standard InChI is InChI=1S/C21H25F3N2/c22-21(23,24)19-8-6-18(7-9-19)16-26(20-10-13-25-14-11-20)15-12-17-4-2-1-3-5-17/h1-9,20,25H,10-16H2. The van der Waals surface area contributed by atoms with E-state index in [0.717, 1.165) is 44.5 Å². The summed E-state index contributed by atoms with van der Waals surface area (Å²) in [6.45, 7) is 3.60. The molecule has 0 radical (unpaired) electrons. The second-order valence-corrected chi connectivity index (χ2v) is 6.88. The summed E-state index contributed by atoms with van der Waals surface area (Å²) in [5.74, 6) is 0. The molecule has 1 heterocycles. The van der Waals surface area contributed by atoms with Crippen molar-refractivity contribution in [2.24, 2.45) is 0 Å². The molecule has 0 aromatic heterocycles. The van der Waals surface area contributed by atoms with Crippen LogP contribution < -0.4 is 5.32 Å². The Morgan fingerprint density at radius 1 is 0.885 bits per heavy atom. The van der Waals surface area contributed by atoms with Crippen molar-refractivity contribution in [2.75, 3.05) is 19.6 Å². The lowest BCUT2D eigenvalue weighted by Crippen LogP contribution is -2.43. The van der Waals surface area contributed by atoms with Crippen LogP contribution in [0.25, 0.3) is 0 Å². The largest absolute Gasteiger partial charge is 0.416 e. The van der Waals surface area contributed by atoms with Crippen LogP contribution in [0.1, 0.15) is 29.5 Å². The molecule has 0 saturated carbocycles. The van der Waals surface area contributed by atoms with Gasteiger partial charge in [-0.1, -0.05) is 42.5 Å². The van der Waals surface area contributed by atoms with Crippen LogP contribution in [0.4, 0.5) is 13.2 Å². The van der Waals surface area contributed by atoms with Gasteiger partial charge in [-0.05, 0) is 55.6 Å². The van der Waals surface area contributed by atoms with Crippen LogP contribution >= 0.6 is 0 Å². The molecular formula is C21H25F3N2. The van der Waals surface area contributed by atoms with Crippen molar-refractivity contribution in [1.29, 1.82) is 0 Å². The number of nitrogens with one attached hydrogen (secondary N) is 1. The molecule has 2 nitrogen and oxygen atoms in total. The second kappa shape index (κ2) is 8.69. The molecule has 2 aromatic carbocycles. The Morgan fingerprint density at radius 3 is 2.15 bits per heavy atom. The van der Waals surface area contributed by atoms with Crippen molar-refractivity contribution < 1.29 is 13.2 Å². The SMILES string of the molecule is FC(F)(F)c1ccc(CN(CCc2ccccc2)C2CCNCC2)cc1. The summed E-state index contributed by atoms with van der Waals surface area (Å²) in [7, 11) is 0. The van der Waals surface area contributed by atoms with Crippen LogP contribution in [0.2, 0.25) is 0 Å². The fourth-order valence-corrected chi connectivity index (χ4v) is 3.51. The van der Waals surface area contributed by atoms with Crippen LogP contribution in [-0.4, -0.2) is 30.6 Å². The summed E-state index contributed by atoms with van der Waals surface area (Å²) >= 11 is 0. The van der Waals surface area contributed by atoms with Gasteiger partial charge in [0.25, 0.3) is 0 Å². The highest BCUT2D eigenvalue weighted by Crippen LogP contribution is 2.29. The predicted octanol–water partition coefficient (Wildman–Crippen LogP) is 4.50. The lowest BCUT2D eigenvalue weighted by atomic mass is 10.0. The fraction of sp³-hybridized carbons (Fsp3) is 0.429. The number of halogens is 3. The van der Waals surface area contributed by atoms with E-state index in [1.165, 1.54) is 17.7 Å². The average Bonchev–Trinajstić information content (AvgIpc) is 2.66. The number of hydrogen-bond acceptors (Lipinski definition) is 2. The molecular weight excluding hydrogens is 337 g/mol. The molecule has 2 aromatic rings. The molecule has 0 spiro atoms. The van der Waals surface area contributed by atoms with Crippen molar-refractivity contribution in [3.8, 4) is 0 Å². The first-order valence-corrected chi connectivity index (χ1v) is 9.17. The van der Waals surface area contributed by atoms with Crippen molar-refractivity contribution >= 4 is 0 Å². The van der Waals surface area contributed by atoms with Crippen molar-refractivity contribution in [1.82, 2.24) is 10.2 Å². The van der Waals surface area contributed by atoms with E-state index in [2.05, 4.69) is 22.3 Å². The van der Waals surface area contributed by atoms with Gasteiger partial charge in [0.15, 0.2) is 0 Å². The van der Waals surface area contributed by atoms with Crippen molar-refractivity contribution in [3.05, 3.63) is 71.3 Å². The van der Waals surface area contributed by atoms with E-state index in [-0.39, 0.29) is 0 Å². The van der Waals surface area contributed by atoms with Crippen LogP contribution in [0.15, 0.2) is 54.6 Å². The number of alkyl halides is 3. The predicted molar refractivity (Wildman–Crippen MR) is 97.9 cm³/mol. The van der Waals surface area contributed by atoms with Gasteiger partial charge in [0.1, 0.15) is 0 Å². The third-order valence-electron chi connectivity index (χ3n) is 5.02. The zero-order valence-corrected chi connectivity index (χ0v) is 14.8. The Hall–Kier alpha value is -1.85. The summed E-state index contributed by atoms with van der Waals surface area (Å²) in [4.78, 5) is 2.43. The Labute approximate surface area is 153 Å². The van der Waals surface area contributed by atoms with E-state index in [1.807, 2.05) is 18.2 Å². The molecule has 26 heavy (non-hydrogen) atoms. The highest BCUT2D eigenvalue weighted by Gasteiger charge is 2.30. The summed E-state index contributed by atoms with van der Waals surface area (Å²) in [5.41, 5.74) is 1.64. The molecule has 0 unspecified atom stereocenters. The van der Waals surface area contributed by atoms with Crippen LogP contribution in [-0.2, 0) is 19.1 Å². The normalized spacial score (nSPS) is 16.2. The zero-order chi connectivity index (χ0) is 18.4. The summed E-state index contributed by atoms with van der Waals surface area (Å²) in [6, 6.07) is 16.4. The number of hydrogen-bond donors (Lipinski definition) is 1. The molecule has 1 N–H and O–H groups in total. The van der Waals surface area contributed by atoms with E-state index < -0.39 is 11.7 Å². The van der Waals surface area contributed by atoms with E-state index in [0.29, 0.717) is 12.6 Å². The van der Waals surface area contributed by atoms with Gasteiger partial charge in [0, 0.05) is 19.1 Å². The molecule has 0 atom stereocenters. The average molecular weight is 362 g/mol. The molecule has 0 bridgehead atoms. The minimum absolute atomic E-state index is 0.474. The number of nitrogens with zero attached hydrogens (tertiary/aromatic N) is 1. The maximum Gasteiger partial charge on any atom is 0.416 e. The first-order valence-electron chi connectivity index (χ1n) is 9.17. The molecule has 5 heteroatoms. The van der Waals surface area contributed by atoms with Crippen LogP contribution in [0, 0.1) is 0 Å². The Bertz CT molecular complexity index is 662. The van der Waals surface area contributed by atoms with E-state index in [4.69, 9.17) is 0 Å². The zero-order valence-electron chi connectivity index (χ0n) is 14.8.